The topological polar surface area (TPSA) is 12.0 Å². The molecular formula is C14H19N. The predicted octanol–water partition coefficient (Wildman–Crippen LogP) is 3.50. The fraction of sp³-hybridized carbons (Fsp3) is 0.286. The Morgan fingerprint density at radius 2 is 2.33 bits per heavy atom. The van der Waals surface area contributed by atoms with Crippen LogP contribution >= 0.6 is 0 Å². The molecule has 0 amide bonds. The minimum absolute atomic E-state index is 1.03. The van der Waals surface area contributed by atoms with Gasteiger partial charge >= 0.3 is 0 Å². The number of hydrogen-bond acceptors (Lipinski definition) is 1. The molecule has 1 rings (SSSR count). The summed E-state index contributed by atoms with van der Waals surface area (Å²) < 4.78 is 0. The van der Waals surface area contributed by atoms with Gasteiger partial charge in [0.25, 0.3) is 0 Å². The van der Waals surface area contributed by atoms with Crippen molar-refractivity contribution in [3.05, 3.63) is 59.9 Å². The zero-order valence-corrected chi connectivity index (χ0v) is 9.59. The number of hydrogen-bond donors (Lipinski definition) is 1. The Hall–Kier alpha value is -1.50. The summed E-state index contributed by atoms with van der Waals surface area (Å²) in [4.78, 5) is 0. The van der Waals surface area contributed by atoms with E-state index in [2.05, 4.69) is 43.1 Å². The third kappa shape index (κ3) is 4.03. The number of nitrogens with one attached hydrogen (secondary N) is 1. The van der Waals surface area contributed by atoms with Crippen molar-refractivity contribution >= 4 is 0 Å². The van der Waals surface area contributed by atoms with Crippen LogP contribution in [0.15, 0.2) is 59.9 Å². The summed E-state index contributed by atoms with van der Waals surface area (Å²) in [6.45, 7) is 6.12. The molecule has 1 aliphatic carbocycles. The molecule has 0 atom stereocenters. The van der Waals surface area contributed by atoms with E-state index < -0.39 is 0 Å². The van der Waals surface area contributed by atoms with Gasteiger partial charge < -0.3 is 5.32 Å². The fourth-order valence-corrected chi connectivity index (χ4v) is 1.54. The van der Waals surface area contributed by atoms with Crippen LogP contribution in [0.25, 0.3) is 0 Å². The maximum atomic E-state index is 3.98. The third-order valence-corrected chi connectivity index (χ3v) is 2.39. The Morgan fingerprint density at radius 1 is 1.53 bits per heavy atom. The van der Waals surface area contributed by atoms with Crippen molar-refractivity contribution in [3.8, 4) is 0 Å². The van der Waals surface area contributed by atoms with E-state index in [-0.39, 0.29) is 0 Å². The molecule has 0 saturated heterocycles. The quantitative estimate of drug-likeness (QED) is 0.686. The Balaban J connectivity index is 2.66. The molecule has 15 heavy (non-hydrogen) atoms. The van der Waals surface area contributed by atoms with E-state index in [1.807, 2.05) is 19.3 Å². The molecule has 0 aliphatic heterocycles. The summed E-state index contributed by atoms with van der Waals surface area (Å²) in [5.41, 5.74) is 3.75. The van der Waals surface area contributed by atoms with Crippen molar-refractivity contribution in [2.75, 3.05) is 7.05 Å². The van der Waals surface area contributed by atoms with Gasteiger partial charge in [-0.1, -0.05) is 30.9 Å². The van der Waals surface area contributed by atoms with E-state index in [4.69, 9.17) is 0 Å². The van der Waals surface area contributed by atoms with E-state index in [0.29, 0.717) is 0 Å². The molecule has 0 radical (unpaired) electrons. The molecule has 0 saturated carbocycles. The lowest BCUT2D eigenvalue weighted by Crippen LogP contribution is -1.92. The van der Waals surface area contributed by atoms with Crippen molar-refractivity contribution in [2.45, 2.75) is 19.8 Å². The van der Waals surface area contributed by atoms with E-state index in [1.165, 1.54) is 11.1 Å². The molecule has 1 N–H and O–H groups in total. The van der Waals surface area contributed by atoms with Crippen LogP contribution in [-0.4, -0.2) is 7.05 Å². The van der Waals surface area contributed by atoms with Gasteiger partial charge in [-0.15, -0.1) is 0 Å². The Kier molecular flexibility index (Phi) is 4.69. The van der Waals surface area contributed by atoms with Crippen molar-refractivity contribution in [2.24, 2.45) is 0 Å². The zero-order valence-electron chi connectivity index (χ0n) is 9.59. The van der Waals surface area contributed by atoms with Crippen molar-refractivity contribution in [3.63, 3.8) is 0 Å². The van der Waals surface area contributed by atoms with Crippen molar-refractivity contribution in [1.29, 1.82) is 0 Å². The maximum Gasteiger partial charge on any atom is 0.00277 e. The molecule has 0 heterocycles. The molecule has 0 aromatic carbocycles. The molecule has 1 nitrogen and oxygen atoms in total. The molecule has 80 valence electrons. The minimum atomic E-state index is 1.03. The highest BCUT2D eigenvalue weighted by atomic mass is 14.8. The minimum Gasteiger partial charge on any atom is -0.394 e. The van der Waals surface area contributed by atoms with Crippen LogP contribution in [-0.2, 0) is 0 Å². The van der Waals surface area contributed by atoms with Gasteiger partial charge in [0.2, 0.25) is 0 Å². The maximum absolute atomic E-state index is 3.98. The first-order chi connectivity index (χ1) is 7.24. The lowest BCUT2D eigenvalue weighted by Gasteiger charge is -2.09. The first kappa shape index (κ1) is 11.6. The SMILES string of the molecule is C=C(/C=C\NC)/C=C(\C)C1=CC=CCC1. The van der Waals surface area contributed by atoms with Crippen LogP contribution in [0.3, 0.4) is 0 Å². The highest BCUT2D eigenvalue weighted by molar-refractivity contribution is 5.41. The van der Waals surface area contributed by atoms with Gasteiger partial charge in [-0.2, -0.15) is 0 Å². The third-order valence-electron chi connectivity index (χ3n) is 2.39. The predicted molar refractivity (Wildman–Crippen MR) is 67.6 cm³/mol. The van der Waals surface area contributed by atoms with Crippen LogP contribution in [0.2, 0.25) is 0 Å². The largest absolute Gasteiger partial charge is 0.394 e. The summed E-state index contributed by atoms with van der Waals surface area (Å²) in [5, 5.41) is 2.95. The molecule has 0 spiro atoms. The standard InChI is InChI=1S/C14H19N/c1-12(9-10-15-3)11-13(2)14-7-5-4-6-8-14/h4-5,7,9-11,15H,1,6,8H2,2-3H3/b10-9-,13-11+. The second-order valence-electron chi connectivity index (χ2n) is 3.68. The average molecular weight is 201 g/mol. The highest BCUT2D eigenvalue weighted by Crippen LogP contribution is 2.20. The number of allylic oxidation sites excluding steroid dienone is 8. The van der Waals surface area contributed by atoms with E-state index in [1.54, 1.807) is 0 Å². The van der Waals surface area contributed by atoms with Gasteiger partial charge in [-0.05, 0) is 48.8 Å². The molecule has 0 aromatic rings. The number of rotatable bonds is 4. The van der Waals surface area contributed by atoms with Crippen LogP contribution < -0.4 is 5.32 Å². The van der Waals surface area contributed by atoms with Crippen molar-refractivity contribution < 1.29 is 0 Å². The zero-order chi connectivity index (χ0) is 11.1. The Morgan fingerprint density at radius 3 is 2.93 bits per heavy atom. The summed E-state index contributed by atoms with van der Waals surface area (Å²) in [6.07, 6.45) is 14.8. The van der Waals surface area contributed by atoms with Gasteiger partial charge in [-0.25, -0.2) is 0 Å². The highest BCUT2D eigenvalue weighted by Gasteiger charge is 2.01. The van der Waals surface area contributed by atoms with Crippen molar-refractivity contribution in [1.82, 2.24) is 5.32 Å². The van der Waals surface area contributed by atoms with Gasteiger partial charge in [-0.3, -0.25) is 0 Å². The second-order valence-corrected chi connectivity index (χ2v) is 3.68. The van der Waals surface area contributed by atoms with E-state index in [9.17, 15) is 0 Å². The summed E-state index contributed by atoms with van der Waals surface area (Å²) in [6, 6.07) is 0. The summed E-state index contributed by atoms with van der Waals surface area (Å²) in [5.74, 6) is 0. The van der Waals surface area contributed by atoms with Gasteiger partial charge in [0.1, 0.15) is 0 Å². The van der Waals surface area contributed by atoms with E-state index in [0.717, 1.165) is 18.4 Å². The molecular weight excluding hydrogens is 182 g/mol. The monoisotopic (exact) mass is 201 g/mol. The lowest BCUT2D eigenvalue weighted by atomic mass is 9.97. The first-order valence-corrected chi connectivity index (χ1v) is 5.31. The Labute approximate surface area is 92.6 Å². The molecule has 1 aliphatic rings. The van der Waals surface area contributed by atoms with Crippen LogP contribution in [0.4, 0.5) is 0 Å². The Bertz CT molecular complexity index is 340. The smallest absolute Gasteiger partial charge is 0.00277 e. The molecule has 0 aromatic heterocycles. The van der Waals surface area contributed by atoms with Gasteiger partial charge in [0.05, 0.1) is 0 Å². The normalized spacial score (nSPS) is 16.7. The summed E-state index contributed by atoms with van der Waals surface area (Å²) >= 11 is 0. The molecule has 1 heteroatoms. The average Bonchev–Trinajstić information content (AvgIpc) is 2.27. The van der Waals surface area contributed by atoms with Gasteiger partial charge in [0, 0.05) is 7.05 Å². The van der Waals surface area contributed by atoms with Crippen LogP contribution in [0.5, 0.6) is 0 Å². The fourth-order valence-electron chi connectivity index (χ4n) is 1.54. The molecule has 0 bridgehead atoms. The molecule has 0 fully saturated rings. The summed E-state index contributed by atoms with van der Waals surface area (Å²) in [7, 11) is 1.88. The van der Waals surface area contributed by atoms with Gasteiger partial charge in [0.15, 0.2) is 0 Å². The van der Waals surface area contributed by atoms with Crippen LogP contribution in [0, 0.1) is 0 Å². The van der Waals surface area contributed by atoms with E-state index >= 15 is 0 Å². The second kappa shape index (κ2) is 6.07. The first-order valence-electron chi connectivity index (χ1n) is 5.31. The van der Waals surface area contributed by atoms with Crippen LogP contribution in [0.1, 0.15) is 19.8 Å². The molecule has 0 unspecified atom stereocenters. The lowest BCUT2D eigenvalue weighted by molar-refractivity contribution is 0.968.